The predicted molar refractivity (Wildman–Crippen MR) is 87.9 cm³/mol. The summed E-state index contributed by atoms with van der Waals surface area (Å²) in [7, 11) is 1.63. The van der Waals surface area contributed by atoms with E-state index in [1.54, 1.807) is 30.1 Å². The van der Waals surface area contributed by atoms with Gasteiger partial charge in [0.05, 0.1) is 0 Å². The number of halogens is 1. The summed E-state index contributed by atoms with van der Waals surface area (Å²) in [5.41, 5.74) is 1.31. The minimum atomic E-state index is -0.206. The van der Waals surface area contributed by atoms with Crippen molar-refractivity contribution in [2.45, 2.75) is 20.1 Å². The third-order valence-corrected chi connectivity index (χ3v) is 3.41. The zero-order valence-corrected chi connectivity index (χ0v) is 14.0. The monoisotopic (exact) mass is 337 g/mol. The molecule has 0 radical (unpaired) electrons. The Morgan fingerprint density at radius 1 is 1.39 bits per heavy atom. The van der Waals surface area contributed by atoms with Gasteiger partial charge in [-0.05, 0) is 43.2 Å². The third-order valence-electron chi connectivity index (χ3n) is 3.17. The van der Waals surface area contributed by atoms with E-state index in [4.69, 9.17) is 21.1 Å². The number of carbonyl (C=O) groups excluding carboxylic acids is 1. The molecular formula is C16H20ClN3O3. The van der Waals surface area contributed by atoms with E-state index in [1.807, 2.05) is 19.1 Å². The van der Waals surface area contributed by atoms with Crippen LogP contribution in [0.2, 0.25) is 5.02 Å². The number of benzene rings is 1. The smallest absolute Gasteiger partial charge is 0.271 e. The highest BCUT2D eigenvalue weighted by Crippen LogP contribution is 2.21. The first-order valence-electron chi connectivity index (χ1n) is 7.29. The SMILES string of the molecule is COCCCNC(=O)c1ccn(COc2ccc(Cl)cc2C)n1. The van der Waals surface area contributed by atoms with Crippen LogP contribution in [0, 0.1) is 6.92 Å². The van der Waals surface area contributed by atoms with Crippen LogP contribution in [0.1, 0.15) is 22.5 Å². The van der Waals surface area contributed by atoms with Crippen LogP contribution >= 0.6 is 11.6 Å². The van der Waals surface area contributed by atoms with Crippen molar-refractivity contribution in [1.82, 2.24) is 15.1 Å². The molecule has 1 amide bonds. The van der Waals surface area contributed by atoms with Crippen molar-refractivity contribution in [3.8, 4) is 5.75 Å². The number of amides is 1. The molecule has 0 saturated heterocycles. The van der Waals surface area contributed by atoms with Crippen molar-refractivity contribution in [2.24, 2.45) is 0 Å². The molecule has 0 aliphatic carbocycles. The summed E-state index contributed by atoms with van der Waals surface area (Å²) in [6.45, 7) is 3.31. The molecule has 2 aromatic rings. The molecule has 1 heterocycles. The van der Waals surface area contributed by atoms with Crippen LogP contribution in [0.25, 0.3) is 0 Å². The van der Waals surface area contributed by atoms with Crippen molar-refractivity contribution < 1.29 is 14.3 Å². The standard InChI is InChI=1S/C16H20ClN3O3/c1-12-10-13(17)4-5-15(12)23-11-20-8-6-14(19-20)16(21)18-7-3-9-22-2/h4-6,8,10H,3,7,9,11H2,1-2H3,(H,18,21). The first kappa shape index (κ1) is 17.3. The quantitative estimate of drug-likeness (QED) is 0.752. The lowest BCUT2D eigenvalue weighted by molar-refractivity contribution is 0.0941. The average Bonchev–Trinajstić information content (AvgIpc) is 2.99. The number of hydrogen-bond acceptors (Lipinski definition) is 4. The molecule has 1 aromatic heterocycles. The fourth-order valence-electron chi connectivity index (χ4n) is 1.97. The molecule has 0 fully saturated rings. The molecule has 0 atom stereocenters. The van der Waals surface area contributed by atoms with Gasteiger partial charge in [0.15, 0.2) is 6.73 Å². The number of ether oxygens (including phenoxy) is 2. The highest BCUT2D eigenvalue weighted by molar-refractivity contribution is 6.30. The molecule has 6 nitrogen and oxygen atoms in total. The number of rotatable bonds is 8. The molecule has 0 aliphatic rings. The molecule has 2 rings (SSSR count). The molecule has 7 heteroatoms. The van der Waals surface area contributed by atoms with Gasteiger partial charge in [-0.25, -0.2) is 4.68 Å². The number of carbonyl (C=O) groups is 1. The summed E-state index contributed by atoms with van der Waals surface area (Å²) < 4.78 is 12.2. The molecule has 124 valence electrons. The van der Waals surface area contributed by atoms with E-state index >= 15 is 0 Å². The Hall–Kier alpha value is -2.05. The van der Waals surface area contributed by atoms with Gasteiger partial charge in [0.25, 0.3) is 5.91 Å². The van der Waals surface area contributed by atoms with Gasteiger partial charge in [0, 0.05) is 31.5 Å². The molecule has 0 spiro atoms. The topological polar surface area (TPSA) is 65.4 Å². The van der Waals surface area contributed by atoms with E-state index in [1.165, 1.54) is 0 Å². The first-order valence-corrected chi connectivity index (χ1v) is 7.67. The van der Waals surface area contributed by atoms with Gasteiger partial charge in [-0.1, -0.05) is 11.6 Å². The van der Waals surface area contributed by atoms with Crippen LogP contribution in [0.3, 0.4) is 0 Å². The maximum absolute atomic E-state index is 11.9. The van der Waals surface area contributed by atoms with E-state index in [9.17, 15) is 4.79 Å². The van der Waals surface area contributed by atoms with Gasteiger partial charge in [-0.3, -0.25) is 4.79 Å². The van der Waals surface area contributed by atoms with Gasteiger partial charge < -0.3 is 14.8 Å². The van der Waals surface area contributed by atoms with Crippen molar-refractivity contribution >= 4 is 17.5 Å². The summed E-state index contributed by atoms with van der Waals surface area (Å²) in [5, 5.41) is 7.65. The van der Waals surface area contributed by atoms with Gasteiger partial charge in [0.2, 0.25) is 0 Å². The number of aryl methyl sites for hydroxylation is 1. The number of nitrogens with one attached hydrogen (secondary N) is 1. The summed E-state index contributed by atoms with van der Waals surface area (Å²) in [4.78, 5) is 11.9. The van der Waals surface area contributed by atoms with E-state index in [0.29, 0.717) is 23.9 Å². The first-order chi connectivity index (χ1) is 11.1. The van der Waals surface area contributed by atoms with E-state index in [2.05, 4.69) is 10.4 Å². The van der Waals surface area contributed by atoms with Crippen LogP contribution in [-0.4, -0.2) is 35.9 Å². The van der Waals surface area contributed by atoms with E-state index in [-0.39, 0.29) is 12.6 Å². The van der Waals surface area contributed by atoms with Gasteiger partial charge >= 0.3 is 0 Å². The fourth-order valence-corrected chi connectivity index (χ4v) is 2.20. The lowest BCUT2D eigenvalue weighted by Gasteiger charge is -2.09. The number of hydrogen-bond donors (Lipinski definition) is 1. The summed E-state index contributed by atoms with van der Waals surface area (Å²) in [5.74, 6) is 0.526. The van der Waals surface area contributed by atoms with Crippen molar-refractivity contribution in [3.63, 3.8) is 0 Å². The fraction of sp³-hybridized carbons (Fsp3) is 0.375. The lowest BCUT2D eigenvalue weighted by Crippen LogP contribution is -2.25. The molecule has 0 bridgehead atoms. The molecular weight excluding hydrogens is 318 g/mol. The summed E-state index contributed by atoms with van der Waals surface area (Å²) in [6, 6.07) is 7.07. The predicted octanol–water partition coefficient (Wildman–Crippen LogP) is 2.65. The Labute approximate surface area is 140 Å². The molecule has 1 N–H and O–H groups in total. The van der Waals surface area contributed by atoms with E-state index in [0.717, 1.165) is 17.7 Å². The van der Waals surface area contributed by atoms with E-state index < -0.39 is 0 Å². The second-order valence-electron chi connectivity index (χ2n) is 5.03. The largest absolute Gasteiger partial charge is 0.471 e. The number of aromatic nitrogens is 2. The molecule has 23 heavy (non-hydrogen) atoms. The zero-order chi connectivity index (χ0) is 16.7. The Kier molecular flexibility index (Phi) is 6.43. The van der Waals surface area contributed by atoms with Crippen LogP contribution in [-0.2, 0) is 11.5 Å². The Morgan fingerprint density at radius 3 is 2.96 bits per heavy atom. The van der Waals surface area contributed by atoms with Crippen molar-refractivity contribution in [3.05, 3.63) is 46.7 Å². The second kappa shape index (κ2) is 8.55. The second-order valence-corrected chi connectivity index (χ2v) is 5.46. The molecule has 0 saturated carbocycles. The van der Waals surface area contributed by atoms with Crippen LogP contribution < -0.4 is 10.1 Å². The molecule has 1 aromatic carbocycles. The highest BCUT2D eigenvalue weighted by atomic mass is 35.5. The van der Waals surface area contributed by atoms with Crippen molar-refractivity contribution in [1.29, 1.82) is 0 Å². The molecule has 0 unspecified atom stereocenters. The Bertz CT molecular complexity index is 658. The average molecular weight is 338 g/mol. The number of nitrogens with zero attached hydrogens (tertiary/aromatic N) is 2. The number of methoxy groups -OCH3 is 1. The van der Waals surface area contributed by atoms with Crippen LogP contribution in [0.15, 0.2) is 30.5 Å². The van der Waals surface area contributed by atoms with Gasteiger partial charge in [0.1, 0.15) is 11.4 Å². The third kappa shape index (κ3) is 5.26. The minimum Gasteiger partial charge on any atom is -0.471 e. The summed E-state index contributed by atoms with van der Waals surface area (Å²) >= 11 is 5.91. The lowest BCUT2D eigenvalue weighted by atomic mass is 10.2. The van der Waals surface area contributed by atoms with Gasteiger partial charge in [-0.2, -0.15) is 5.10 Å². The highest BCUT2D eigenvalue weighted by Gasteiger charge is 2.09. The maximum Gasteiger partial charge on any atom is 0.271 e. The van der Waals surface area contributed by atoms with Crippen molar-refractivity contribution in [2.75, 3.05) is 20.3 Å². The zero-order valence-electron chi connectivity index (χ0n) is 13.2. The van der Waals surface area contributed by atoms with Crippen LogP contribution in [0.5, 0.6) is 5.75 Å². The Morgan fingerprint density at radius 2 is 2.22 bits per heavy atom. The maximum atomic E-state index is 11.9. The molecule has 0 aliphatic heterocycles. The Balaban J connectivity index is 1.85. The van der Waals surface area contributed by atoms with Crippen LogP contribution in [0.4, 0.5) is 0 Å². The van der Waals surface area contributed by atoms with Gasteiger partial charge in [-0.15, -0.1) is 0 Å². The summed E-state index contributed by atoms with van der Waals surface area (Å²) in [6.07, 6.45) is 2.47. The minimum absolute atomic E-state index is 0.206. The normalized spacial score (nSPS) is 10.6.